The van der Waals surface area contributed by atoms with Crippen LogP contribution in [0, 0.1) is 0 Å². The molecule has 1 aliphatic carbocycles. The molecule has 1 unspecified atom stereocenters. The zero-order valence-electron chi connectivity index (χ0n) is 23.1. The van der Waals surface area contributed by atoms with E-state index in [1.807, 2.05) is 89.6 Å². The number of aromatic nitrogens is 2. The van der Waals surface area contributed by atoms with Crippen LogP contribution in [-0.4, -0.2) is 34.3 Å². The molecule has 8 nitrogen and oxygen atoms in total. The first-order valence-electron chi connectivity index (χ1n) is 14.0. The van der Waals surface area contributed by atoms with Crippen molar-refractivity contribution in [2.45, 2.75) is 31.2 Å². The minimum absolute atomic E-state index is 0.0279. The number of anilines is 2. The summed E-state index contributed by atoms with van der Waals surface area (Å²) in [7, 11) is 1.63. The highest BCUT2D eigenvalue weighted by Crippen LogP contribution is 2.47. The Labute approximate surface area is 242 Å². The van der Waals surface area contributed by atoms with Crippen molar-refractivity contribution in [3.05, 3.63) is 114 Å². The van der Waals surface area contributed by atoms with Gasteiger partial charge in [-0.15, -0.1) is 0 Å². The molecule has 0 saturated carbocycles. The second-order valence-corrected chi connectivity index (χ2v) is 11.0. The van der Waals surface area contributed by atoms with Crippen molar-refractivity contribution < 1.29 is 14.4 Å². The summed E-state index contributed by atoms with van der Waals surface area (Å²) < 4.78 is 1.91. The third-order valence-corrected chi connectivity index (χ3v) is 8.48. The Morgan fingerprint density at radius 2 is 1.79 bits per heavy atom. The Hall–Kier alpha value is -5.24. The van der Waals surface area contributed by atoms with Crippen LogP contribution in [0.25, 0.3) is 22.0 Å². The lowest BCUT2D eigenvalue weighted by Crippen LogP contribution is -2.35. The molecule has 1 spiro atoms. The Balaban J connectivity index is 1.16. The Kier molecular flexibility index (Phi) is 6.12. The summed E-state index contributed by atoms with van der Waals surface area (Å²) in [4.78, 5) is 43.1. The molecule has 208 valence electrons. The molecule has 0 bridgehead atoms. The number of carbonyl (C=O) groups excluding carboxylic acids is 3. The van der Waals surface area contributed by atoms with E-state index >= 15 is 0 Å². The maximum absolute atomic E-state index is 13.4. The Morgan fingerprint density at radius 3 is 2.62 bits per heavy atom. The van der Waals surface area contributed by atoms with Crippen LogP contribution in [0.5, 0.6) is 0 Å². The van der Waals surface area contributed by atoms with Crippen molar-refractivity contribution in [2.75, 3.05) is 17.7 Å². The normalized spacial score (nSPS) is 16.7. The largest absolute Gasteiger partial charge is 0.359 e. The van der Waals surface area contributed by atoms with Gasteiger partial charge in [0, 0.05) is 41.6 Å². The average molecular weight is 556 g/mol. The van der Waals surface area contributed by atoms with Crippen LogP contribution in [0.4, 0.5) is 11.5 Å². The summed E-state index contributed by atoms with van der Waals surface area (Å²) >= 11 is 0. The van der Waals surface area contributed by atoms with Crippen LogP contribution >= 0.6 is 0 Å². The topological polar surface area (TPSA) is 105 Å². The number of benzene rings is 3. The fraction of sp³-hybridized carbons (Fsp3) is 0.176. The van der Waals surface area contributed by atoms with Gasteiger partial charge in [0.1, 0.15) is 12.4 Å². The summed E-state index contributed by atoms with van der Waals surface area (Å²) in [6.07, 6.45) is 4.97. The van der Waals surface area contributed by atoms with E-state index in [0.29, 0.717) is 24.3 Å². The molecular formula is C34H29N5O3. The number of likely N-dealkylation sites (N-methyl/N-ethyl adjacent to an activating group) is 1. The predicted molar refractivity (Wildman–Crippen MR) is 162 cm³/mol. The van der Waals surface area contributed by atoms with E-state index in [4.69, 9.17) is 0 Å². The molecule has 3 aromatic carbocycles. The van der Waals surface area contributed by atoms with Gasteiger partial charge in [0.15, 0.2) is 0 Å². The summed E-state index contributed by atoms with van der Waals surface area (Å²) in [5.74, 6) is 0.338. The lowest BCUT2D eigenvalue weighted by atomic mass is 9.79. The molecule has 2 aromatic heterocycles. The maximum atomic E-state index is 13.4. The number of nitrogens with zero attached hydrogens (tertiary/aromatic N) is 2. The van der Waals surface area contributed by atoms with Gasteiger partial charge in [-0.25, -0.2) is 4.98 Å². The first kappa shape index (κ1) is 25.7. The molecule has 2 aliphatic rings. The van der Waals surface area contributed by atoms with Gasteiger partial charge in [0.2, 0.25) is 17.7 Å². The first-order chi connectivity index (χ1) is 20.4. The molecule has 1 atom stereocenters. The first-order valence-corrected chi connectivity index (χ1v) is 14.0. The zero-order chi connectivity index (χ0) is 28.8. The number of fused-ring (bicyclic) bond motifs is 4. The van der Waals surface area contributed by atoms with Crippen molar-refractivity contribution in [3.8, 4) is 11.1 Å². The second kappa shape index (κ2) is 9.99. The number of pyridine rings is 1. The van der Waals surface area contributed by atoms with Crippen LogP contribution in [0.1, 0.15) is 22.3 Å². The van der Waals surface area contributed by atoms with Crippen LogP contribution in [0.15, 0.2) is 91.3 Å². The molecule has 3 N–H and O–H groups in total. The van der Waals surface area contributed by atoms with E-state index in [2.05, 4.69) is 20.9 Å². The summed E-state index contributed by atoms with van der Waals surface area (Å²) in [5, 5.41) is 9.66. The second-order valence-electron chi connectivity index (χ2n) is 11.0. The minimum atomic E-state index is -0.656. The van der Waals surface area contributed by atoms with Crippen LogP contribution < -0.4 is 16.0 Å². The van der Waals surface area contributed by atoms with Crippen molar-refractivity contribution >= 4 is 40.1 Å². The molecular weight excluding hydrogens is 526 g/mol. The molecule has 8 heteroatoms. The number of rotatable bonds is 6. The third kappa shape index (κ3) is 4.23. The number of carbonyl (C=O) groups is 3. The number of hydrogen-bond acceptors (Lipinski definition) is 4. The van der Waals surface area contributed by atoms with Gasteiger partial charge in [-0.1, -0.05) is 54.6 Å². The van der Waals surface area contributed by atoms with Gasteiger partial charge in [-0.3, -0.25) is 14.4 Å². The molecule has 0 saturated heterocycles. The molecule has 3 heterocycles. The lowest BCUT2D eigenvalue weighted by Gasteiger charge is -2.20. The van der Waals surface area contributed by atoms with E-state index in [-0.39, 0.29) is 30.7 Å². The fourth-order valence-electron chi connectivity index (χ4n) is 6.52. The molecule has 1 aliphatic heterocycles. The SMILES string of the molecule is CNC(=O)Cc1cn(CC(=O)Nc2ccc3c(c2)CC2(C3)C(=O)Nc3ncccc32)c2cccc(-c3ccccc3)c12. The van der Waals surface area contributed by atoms with Crippen molar-refractivity contribution in [1.82, 2.24) is 14.9 Å². The minimum Gasteiger partial charge on any atom is -0.359 e. The zero-order valence-corrected chi connectivity index (χ0v) is 23.1. The highest BCUT2D eigenvalue weighted by Gasteiger charge is 2.51. The van der Waals surface area contributed by atoms with Gasteiger partial charge in [0.05, 0.1) is 11.8 Å². The number of nitrogens with one attached hydrogen (secondary N) is 3. The Bertz CT molecular complexity index is 1890. The van der Waals surface area contributed by atoms with E-state index in [9.17, 15) is 14.4 Å². The summed E-state index contributed by atoms with van der Waals surface area (Å²) in [5.41, 5.74) is 6.93. The Morgan fingerprint density at radius 1 is 0.952 bits per heavy atom. The van der Waals surface area contributed by atoms with Gasteiger partial charge in [0.25, 0.3) is 0 Å². The monoisotopic (exact) mass is 555 g/mol. The molecule has 7 rings (SSSR count). The van der Waals surface area contributed by atoms with E-state index in [1.54, 1.807) is 13.2 Å². The van der Waals surface area contributed by atoms with Gasteiger partial charge >= 0.3 is 0 Å². The van der Waals surface area contributed by atoms with Gasteiger partial charge in [-0.2, -0.15) is 0 Å². The molecule has 0 fully saturated rings. The molecule has 42 heavy (non-hydrogen) atoms. The van der Waals surface area contributed by atoms with E-state index in [0.717, 1.165) is 44.3 Å². The highest BCUT2D eigenvalue weighted by atomic mass is 16.2. The average Bonchev–Trinajstić information content (AvgIpc) is 3.64. The number of amides is 3. The third-order valence-electron chi connectivity index (χ3n) is 8.48. The number of hydrogen-bond donors (Lipinski definition) is 3. The lowest BCUT2D eigenvalue weighted by molar-refractivity contribution is -0.121. The highest BCUT2D eigenvalue weighted by molar-refractivity contribution is 6.06. The van der Waals surface area contributed by atoms with E-state index in [1.165, 1.54) is 0 Å². The predicted octanol–water partition coefficient (Wildman–Crippen LogP) is 4.62. The molecule has 3 amide bonds. The van der Waals surface area contributed by atoms with Crippen LogP contribution in [0.2, 0.25) is 0 Å². The maximum Gasteiger partial charge on any atom is 0.244 e. The quantitative estimate of drug-likeness (QED) is 0.284. The fourth-order valence-corrected chi connectivity index (χ4v) is 6.52. The van der Waals surface area contributed by atoms with Crippen molar-refractivity contribution in [2.24, 2.45) is 0 Å². The smallest absolute Gasteiger partial charge is 0.244 e. The van der Waals surface area contributed by atoms with Gasteiger partial charge in [-0.05, 0) is 64.9 Å². The van der Waals surface area contributed by atoms with Gasteiger partial charge < -0.3 is 20.5 Å². The van der Waals surface area contributed by atoms with Crippen molar-refractivity contribution in [3.63, 3.8) is 0 Å². The van der Waals surface area contributed by atoms with E-state index < -0.39 is 5.41 Å². The standard InChI is InChI=1S/C34H29N5O3/c1-35-29(40)16-24-19-39(28-11-5-9-26(31(24)28)21-7-3-2-4-8-21)20-30(41)37-25-13-12-22-17-34(18-23(22)15-25)27-10-6-14-36-32(27)38-33(34)42/h2-15,19H,16-18,20H2,1H3,(H,35,40)(H,37,41)(H,36,38,42). The summed E-state index contributed by atoms with van der Waals surface area (Å²) in [6.45, 7) is 0.0883. The van der Waals surface area contributed by atoms with Crippen LogP contribution in [-0.2, 0) is 45.6 Å². The van der Waals surface area contributed by atoms with Crippen molar-refractivity contribution in [1.29, 1.82) is 0 Å². The van der Waals surface area contributed by atoms with Crippen LogP contribution in [0.3, 0.4) is 0 Å². The molecule has 0 radical (unpaired) electrons. The molecule has 5 aromatic rings. The summed E-state index contributed by atoms with van der Waals surface area (Å²) in [6, 6.07) is 25.8.